The fraction of sp³-hybridized carbons (Fsp3) is 0.381. The first-order valence-electron chi connectivity index (χ1n) is 9.24. The van der Waals surface area contributed by atoms with Crippen LogP contribution < -0.4 is 5.32 Å². The first kappa shape index (κ1) is 16.9. The molecule has 136 valence electrons. The second-order valence-electron chi connectivity index (χ2n) is 7.14. The number of amides is 2. The molecule has 1 N–H and O–H groups in total. The first-order chi connectivity index (χ1) is 12.6. The Hall–Kier alpha value is -2.53. The van der Waals surface area contributed by atoms with Gasteiger partial charge < -0.3 is 19.5 Å². The van der Waals surface area contributed by atoms with E-state index in [1.54, 1.807) is 0 Å². The van der Waals surface area contributed by atoms with E-state index in [1.807, 2.05) is 11.0 Å². The molecule has 1 aromatic heterocycles. The van der Waals surface area contributed by atoms with Crippen molar-refractivity contribution in [3.8, 4) is 0 Å². The molecule has 5 heteroatoms. The van der Waals surface area contributed by atoms with Gasteiger partial charge >= 0.3 is 6.03 Å². The van der Waals surface area contributed by atoms with E-state index in [9.17, 15) is 4.79 Å². The molecule has 0 saturated carbocycles. The molecule has 1 aliphatic rings. The number of nitrogens with zero attached hydrogens (tertiary/aromatic N) is 2. The fourth-order valence-corrected chi connectivity index (χ4v) is 3.92. The molecule has 2 amide bonds. The Labute approximate surface area is 153 Å². The maximum Gasteiger partial charge on any atom is 0.322 e. The van der Waals surface area contributed by atoms with E-state index in [-0.39, 0.29) is 6.03 Å². The molecule has 1 saturated heterocycles. The summed E-state index contributed by atoms with van der Waals surface area (Å²) in [5.74, 6) is 0. The van der Waals surface area contributed by atoms with Crippen LogP contribution in [0.2, 0.25) is 0 Å². The lowest BCUT2D eigenvalue weighted by molar-refractivity contribution is 0.0564. The zero-order chi connectivity index (χ0) is 18.3. The molecule has 0 unspecified atom stereocenters. The van der Waals surface area contributed by atoms with Crippen LogP contribution in [0, 0.1) is 6.92 Å². The van der Waals surface area contributed by atoms with Gasteiger partial charge in [0.2, 0.25) is 0 Å². The van der Waals surface area contributed by atoms with Crippen molar-refractivity contribution in [2.45, 2.75) is 26.8 Å². The number of carbonyl (C=O) groups is 1. The summed E-state index contributed by atoms with van der Waals surface area (Å²) in [4.78, 5) is 14.4. The van der Waals surface area contributed by atoms with Crippen LogP contribution in [0.5, 0.6) is 0 Å². The number of para-hydroxylation sites is 1. The minimum Gasteiger partial charge on any atom is -0.378 e. The molecule has 2 aromatic carbocycles. The number of urea groups is 1. The van der Waals surface area contributed by atoms with E-state index < -0.39 is 0 Å². The third-order valence-corrected chi connectivity index (χ3v) is 5.19. The van der Waals surface area contributed by atoms with Gasteiger partial charge in [-0.3, -0.25) is 0 Å². The summed E-state index contributed by atoms with van der Waals surface area (Å²) in [6.45, 7) is 8.99. The summed E-state index contributed by atoms with van der Waals surface area (Å²) >= 11 is 0. The Morgan fingerprint density at radius 3 is 2.54 bits per heavy atom. The number of anilines is 1. The topological polar surface area (TPSA) is 46.5 Å². The number of morpholine rings is 1. The summed E-state index contributed by atoms with van der Waals surface area (Å²) in [5, 5.41) is 5.55. The molecule has 2 heterocycles. The molecule has 4 rings (SSSR count). The largest absolute Gasteiger partial charge is 0.378 e. The van der Waals surface area contributed by atoms with Crippen molar-refractivity contribution >= 4 is 33.5 Å². The van der Waals surface area contributed by atoms with E-state index in [0.29, 0.717) is 32.3 Å². The maximum absolute atomic E-state index is 12.6. The van der Waals surface area contributed by atoms with Gasteiger partial charge in [0.25, 0.3) is 0 Å². The van der Waals surface area contributed by atoms with Gasteiger partial charge in [-0.15, -0.1) is 0 Å². The Kier molecular flexibility index (Phi) is 4.32. The molecule has 26 heavy (non-hydrogen) atoms. The average Bonchev–Trinajstić information content (AvgIpc) is 3.00. The lowest BCUT2D eigenvalue weighted by Gasteiger charge is -2.27. The molecule has 3 aromatic rings. The number of hydrogen-bond donors (Lipinski definition) is 1. The zero-order valence-electron chi connectivity index (χ0n) is 15.6. The van der Waals surface area contributed by atoms with Crippen LogP contribution in [0.1, 0.15) is 25.5 Å². The van der Waals surface area contributed by atoms with Crippen molar-refractivity contribution in [1.29, 1.82) is 0 Å². The van der Waals surface area contributed by atoms with Crippen LogP contribution in [0.25, 0.3) is 21.8 Å². The maximum atomic E-state index is 12.6. The summed E-state index contributed by atoms with van der Waals surface area (Å²) < 4.78 is 7.70. The standard InChI is InChI=1S/C21H25N3O2/c1-14(2)24-18-7-5-4-6-16(18)20-15(3)17(8-9-19(20)24)22-21(25)23-10-12-26-13-11-23/h4-9,14H,10-13H2,1-3H3,(H,22,25). The van der Waals surface area contributed by atoms with Crippen molar-refractivity contribution in [3.63, 3.8) is 0 Å². The predicted molar refractivity (Wildman–Crippen MR) is 106 cm³/mol. The summed E-state index contributed by atoms with van der Waals surface area (Å²) in [7, 11) is 0. The predicted octanol–water partition coefficient (Wildman–Crippen LogP) is 4.55. The molecule has 0 aliphatic carbocycles. The van der Waals surface area contributed by atoms with E-state index in [2.05, 4.69) is 61.0 Å². The third kappa shape index (κ3) is 2.72. The number of rotatable bonds is 2. The Morgan fingerprint density at radius 2 is 1.81 bits per heavy atom. The molecule has 0 spiro atoms. The van der Waals surface area contributed by atoms with Gasteiger partial charge in [0.05, 0.1) is 13.2 Å². The Morgan fingerprint density at radius 1 is 1.08 bits per heavy atom. The van der Waals surface area contributed by atoms with Gasteiger partial charge in [-0.1, -0.05) is 18.2 Å². The molecule has 0 atom stereocenters. The van der Waals surface area contributed by atoms with Crippen LogP contribution in [0.3, 0.4) is 0 Å². The molecular formula is C21H25N3O2. The minimum atomic E-state index is -0.0525. The molecule has 5 nitrogen and oxygen atoms in total. The number of aryl methyl sites for hydroxylation is 1. The zero-order valence-corrected chi connectivity index (χ0v) is 15.6. The fourth-order valence-electron chi connectivity index (χ4n) is 3.92. The van der Waals surface area contributed by atoms with Crippen molar-refractivity contribution in [2.24, 2.45) is 0 Å². The molecule has 0 bridgehead atoms. The van der Waals surface area contributed by atoms with E-state index >= 15 is 0 Å². The van der Waals surface area contributed by atoms with Gasteiger partial charge in [0, 0.05) is 46.6 Å². The van der Waals surface area contributed by atoms with E-state index in [1.165, 1.54) is 21.8 Å². The van der Waals surface area contributed by atoms with Crippen LogP contribution in [-0.2, 0) is 4.74 Å². The minimum absolute atomic E-state index is 0.0525. The smallest absolute Gasteiger partial charge is 0.322 e. The Balaban J connectivity index is 1.79. The van der Waals surface area contributed by atoms with Gasteiger partial charge in [0.15, 0.2) is 0 Å². The highest BCUT2D eigenvalue weighted by molar-refractivity contribution is 6.12. The van der Waals surface area contributed by atoms with Gasteiger partial charge in [-0.25, -0.2) is 4.79 Å². The van der Waals surface area contributed by atoms with Crippen molar-refractivity contribution < 1.29 is 9.53 Å². The SMILES string of the molecule is Cc1c(NC(=O)N2CCOCC2)ccc2c1c1ccccc1n2C(C)C. The van der Waals surface area contributed by atoms with Crippen molar-refractivity contribution in [1.82, 2.24) is 9.47 Å². The quantitative estimate of drug-likeness (QED) is 0.736. The third-order valence-electron chi connectivity index (χ3n) is 5.19. The van der Waals surface area contributed by atoms with E-state index in [4.69, 9.17) is 4.74 Å². The second kappa shape index (κ2) is 6.65. The molecular weight excluding hydrogens is 326 g/mol. The second-order valence-corrected chi connectivity index (χ2v) is 7.14. The highest BCUT2D eigenvalue weighted by atomic mass is 16.5. The number of hydrogen-bond acceptors (Lipinski definition) is 2. The van der Waals surface area contributed by atoms with Crippen LogP contribution in [0.15, 0.2) is 36.4 Å². The number of carbonyl (C=O) groups excluding carboxylic acids is 1. The van der Waals surface area contributed by atoms with Crippen LogP contribution >= 0.6 is 0 Å². The molecule has 1 aliphatic heterocycles. The number of nitrogens with one attached hydrogen (secondary N) is 1. The summed E-state index contributed by atoms with van der Waals surface area (Å²) in [6.07, 6.45) is 0. The number of ether oxygens (including phenoxy) is 1. The van der Waals surface area contributed by atoms with Gasteiger partial charge in [0.1, 0.15) is 0 Å². The number of aromatic nitrogens is 1. The van der Waals surface area contributed by atoms with E-state index in [0.717, 1.165) is 11.3 Å². The lowest BCUT2D eigenvalue weighted by Crippen LogP contribution is -2.43. The highest BCUT2D eigenvalue weighted by Gasteiger charge is 2.20. The van der Waals surface area contributed by atoms with Crippen LogP contribution in [-0.4, -0.2) is 41.8 Å². The molecule has 0 radical (unpaired) electrons. The highest BCUT2D eigenvalue weighted by Crippen LogP contribution is 2.36. The molecule has 1 fully saturated rings. The number of benzene rings is 2. The Bertz CT molecular complexity index is 968. The first-order valence-corrected chi connectivity index (χ1v) is 9.24. The van der Waals surface area contributed by atoms with Gasteiger partial charge in [-0.05, 0) is 44.5 Å². The summed E-state index contributed by atoms with van der Waals surface area (Å²) in [6, 6.07) is 12.9. The van der Waals surface area contributed by atoms with Crippen molar-refractivity contribution in [3.05, 3.63) is 42.0 Å². The number of fused-ring (bicyclic) bond motifs is 3. The van der Waals surface area contributed by atoms with Crippen molar-refractivity contribution in [2.75, 3.05) is 31.6 Å². The lowest BCUT2D eigenvalue weighted by atomic mass is 10.1. The monoisotopic (exact) mass is 351 g/mol. The average molecular weight is 351 g/mol. The normalized spacial score (nSPS) is 15.2. The van der Waals surface area contributed by atoms with Gasteiger partial charge in [-0.2, -0.15) is 0 Å². The summed E-state index contributed by atoms with van der Waals surface area (Å²) in [5.41, 5.74) is 4.43. The van der Waals surface area contributed by atoms with Crippen LogP contribution in [0.4, 0.5) is 10.5 Å².